The van der Waals surface area contributed by atoms with Gasteiger partial charge in [0.15, 0.2) is 0 Å². The zero-order valence-electron chi connectivity index (χ0n) is 16.5. The zero-order valence-corrected chi connectivity index (χ0v) is 16.5. The maximum Gasteiger partial charge on any atom is 0.316 e. The third kappa shape index (κ3) is 5.52. The van der Waals surface area contributed by atoms with Gasteiger partial charge in [0.1, 0.15) is 17.3 Å². The lowest BCUT2D eigenvalue weighted by atomic mass is 9.90. The van der Waals surface area contributed by atoms with Crippen molar-refractivity contribution in [2.24, 2.45) is 5.92 Å². The van der Waals surface area contributed by atoms with Crippen molar-refractivity contribution >= 4 is 11.8 Å². The second-order valence-corrected chi connectivity index (χ2v) is 7.92. The summed E-state index contributed by atoms with van der Waals surface area (Å²) in [5, 5.41) is 0. The van der Waals surface area contributed by atoms with Gasteiger partial charge in [0.2, 0.25) is 0 Å². The van der Waals surface area contributed by atoms with Crippen LogP contribution in [0.1, 0.15) is 59.3 Å². The molecule has 0 aromatic carbocycles. The number of ketones is 1. The molecule has 0 bridgehead atoms. The standard InChI is InChI=1S/C21H32O5/c1-6-21(14-25-21)13-11-18-20(4,26-18)12-10-17(22)16(19(23)24-5)9-7-8-15(2)3/h6,8,16,18H,1,7,9-14H2,2-5H3/t16?,18-,20-,21?/m0/s1. The molecule has 2 saturated heterocycles. The minimum absolute atomic E-state index is 0.0532. The molecule has 0 aromatic heterocycles. The molecule has 2 aliphatic rings. The molecule has 0 aliphatic carbocycles. The normalized spacial score (nSPS) is 30.2. The predicted octanol–water partition coefficient (Wildman–Crippen LogP) is 3.76. The number of esters is 1. The number of hydrogen-bond donors (Lipinski definition) is 0. The molecule has 0 N–H and O–H groups in total. The average molecular weight is 364 g/mol. The number of methoxy groups -OCH3 is 1. The van der Waals surface area contributed by atoms with Crippen molar-refractivity contribution < 1.29 is 23.8 Å². The van der Waals surface area contributed by atoms with Crippen LogP contribution >= 0.6 is 0 Å². The maximum absolute atomic E-state index is 12.6. The van der Waals surface area contributed by atoms with Gasteiger partial charge in [-0.2, -0.15) is 0 Å². The van der Waals surface area contributed by atoms with Crippen LogP contribution in [0.4, 0.5) is 0 Å². The lowest BCUT2D eigenvalue weighted by Crippen LogP contribution is -2.26. The Morgan fingerprint density at radius 3 is 2.58 bits per heavy atom. The molecule has 0 radical (unpaired) electrons. The Morgan fingerprint density at radius 2 is 2.04 bits per heavy atom. The summed E-state index contributed by atoms with van der Waals surface area (Å²) in [5.41, 5.74) is 0.761. The molecular formula is C21H32O5. The first-order valence-corrected chi connectivity index (χ1v) is 9.44. The quantitative estimate of drug-likeness (QED) is 0.228. The van der Waals surface area contributed by atoms with Crippen molar-refractivity contribution in [3.63, 3.8) is 0 Å². The average Bonchev–Trinajstić information content (AvgIpc) is 3.51. The summed E-state index contributed by atoms with van der Waals surface area (Å²) < 4.78 is 16.1. The molecule has 2 aliphatic heterocycles. The van der Waals surface area contributed by atoms with Crippen LogP contribution in [0.5, 0.6) is 0 Å². The SMILES string of the molecule is C=CC1(CC[C@@H]2O[C@@]2(C)CCC(=O)C(CCC=C(C)C)C(=O)OC)CO1. The third-order valence-electron chi connectivity index (χ3n) is 5.50. The van der Waals surface area contributed by atoms with Gasteiger partial charge in [0, 0.05) is 6.42 Å². The van der Waals surface area contributed by atoms with E-state index in [-0.39, 0.29) is 23.1 Å². The van der Waals surface area contributed by atoms with Gasteiger partial charge in [0.25, 0.3) is 0 Å². The smallest absolute Gasteiger partial charge is 0.316 e. The van der Waals surface area contributed by atoms with Gasteiger partial charge in [-0.1, -0.05) is 17.7 Å². The zero-order chi connectivity index (χ0) is 19.4. The molecule has 26 heavy (non-hydrogen) atoms. The van der Waals surface area contributed by atoms with Gasteiger partial charge in [-0.15, -0.1) is 6.58 Å². The van der Waals surface area contributed by atoms with Crippen LogP contribution < -0.4 is 0 Å². The molecule has 2 rings (SSSR count). The van der Waals surface area contributed by atoms with Gasteiger partial charge in [-0.25, -0.2) is 0 Å². The van der Waals surface area contributed by atoms with Gasteiger partial charge in [-0.05, 0) is 52.9 Å². The van der Waals surface area contributed by atoms with E-state index in [1.807, 2.05) is 32.9 Å². The molecule has 2 fully saturated rings. The summed E-state index contributed by atoms with van der Waals surface area (Å²) in [6.45, 7) is 10.6. The van der Waals surface area contributed by atoms with Crippen molar-refractivity contribution in [3.05, 3.63) is 24.3 Å². The Morgan fingerprint density at radius 1 is 1.35 bits per heavy atom. The molecule has 146 valence electrons. The Kier molecular flexibility index (Phi) is 6.80. The lowest BCUT2D eigenvalue weighted by Gasteiger charge is -2.14. The van der Waals surface area contributed by atoms with Crippen LogP contribution in [-0.4, -0.2) is 42.8 Å². The largest absolute Gasteiger partial charge is 0.468 e. The number of allylic oxidation sites excluding steroid dienone is 2. The number of carbonyl (C=O) groups is 2. The van der Waals surface area contributed by atoms with Gasteiger partial charge >= 0.3 is 5.97 Å². The summed E-state index contributed by atoms with van der Waals surface area (Å²) in [6.07, 6.45) is 8.03. The van der Waals surface area contributed by atoms with E-state index in [2.05, 4.69) is 6.58 Å². The van der Waals surface area contributed by atoms with E-state index in [9.17, 15) is 9.59 Å². The molecule has 0 saturated carbocycles. The molecule has 0 amide bonds. The Labute approximate surface area is 156 Å². The van der Waals surface area contributed by atoms with E-state index in [0.29, 0.717) is 25.7 Å². The monoisotopic (exact) mass is 364 g/mol. The van der Waals surface area contributed by atoms with E-state index < -0.39 is 11.9 Å². The van der Waals surface area contributed by atoms with Crippen molar-refractivity contribution in [3.8, 4) is 0 Å². The summed E-state index contributed by atoms with van der Waals surface area (Å²) >= 11 is 0. The number of epoxide rings is 2. The fourth-order valence-electron chi connectivity index (χ4n) is 3.34. The summed E-state index contributed by atoms with van der Waals surface area (Å²) in [4.78, 5) is 24.5. The molecule has 5 heteroatoms. The van der Waals surface area contributed by atoms with Crippen molar-refractivity contribution in [1.82, 2.24) is 0 Å². The summed E-state index contributed by atoms with van der Waals surface area (Å²) in [5.74, 6) is -1.17. The minimum Gasteiger partial charge on any atom is -0.468 e. The number of carbonyl (C=O) groups excluding carboxylic acids is 2. The number of rotatable bonds is 12. The first-order chi connectivity index (χ1) is 12.2. The second kappa shape index (κ2) is 8.49. The van der Waals surface area contributed by atoms with E-state index in [0.717, 1.165) is 19.4 Å². The third-order valence-corrected chi connectivity index (χ3v) is 5.50. The van der Waals surface area contributed by atoms with Crippen molar-refractivity contribution in [2.45, 2.75) is 76.6 Å². The van der Waals surface area contributed by atoms with E-state index in [4.69, 9.17) is 14.2 Å². The number of ether oxygens (including phenoxy) is 3. The first-order valence-electron chi connectivity index (χ1n) is 9.44. The molecule has 0 spiro atoms. The first kappa shape index (κ1) is 20.8. The topological polar surface area (TPSA) is 68.4 Å². The van der Waals surface area contributed by atoms with E-state index in [1.54, 1.807) is 0 Å². The van der Waals surface area contributed by atoms with Crippen LogP contribution in [0.2, 0.25) is 0 Å². The lowest BCUT2D eigenvalue weighted by molar-refractivity contribution is -0.149. The number of hydrogen-bond acceptors (Lipinski definition) is 5. The van der Waals surface area contributed by atoms with Crippen LogP contribution in [-0.2, 0) is 23.8 Å². The highest BCUT2D eigenvalue weighted by molar-refractivity contribution is 5.98. The van der Waals surface area contributed by atoms with Gasteiger partial charge in [0.05, 0.1) is 25.4 Å². The van der Waals surface area contributed by atoms with Gasteiger partial charge in [-0.3, -0.25) is 9.59 Å². The minimum atomic E-state index is -0.680. The second-order valence-electron chi connectivity index (χ2n) is 7.92. The number of Topliss-reactive ketones (excluding diaryl/α,β-unsaturated/α-hetero) is 1. The maximum atomic E-state index is 12.6. The highest BCUT2D eigenvalue weighted by Crippen LogP contribution is 2.46. The summed E-state index contributed by atoms with van der Waals surface area (Å²) in [6, 6.07) is 0. The van der Waals surface area contributed by atoms with Crippen molar-refractivity contribution in [2.75, 3.05) is 13.7 Å². The molecule has 0 aromatic rings. The summed E-state index contributed by atoms with van der Waals surface area (Å²) in [7, 11) is 1.33. The Hall–Kier alpha value is -1.46. The van der Waals surface area contributed by atoms with Crippen molar-refractivity contribution in [1.29, 1.82) is 0 Å². The van der Waals surface area contributed by atoms with E-state index in [1.165, 1.54) is 12.7 Å². The van der Waals surface area contributed by atoms with Crippen LogP contribution in [0.3, 0.4) is 0 Å². The molecule has 2 unspecified atom stereocenters. The highest BCUT2D eigenvalue weighted by Gasteiger charge is 2.53. The molecule has 5 nitrogen and oxygen atoms in total. The van der Waals surface area contributed by atoms with Gasteiger partial charge < -0.3 is 14.2 Å². The molecule has 4 atom stereocenters. The molecule has 2 heterocycles. The molecular weight excluding hydrogens is 332 g/mol. The van der Waals surface area contributed by atoms with Crippen LogP contribution in [0, 0.1) is 5.92 Å². The Balaban J connectivity index is 1.78. The predicted molar refractivity (Wildman–Crippen MR) is 99.8 cm³/mol. The van der Waals surface area contributed by atoms with Crippen LogP contribution in [0.25, 0.3) is 0 Å². The Bertz CT molecular complexity index is 571. The fraction of sp³-hybridized carbons (Fsp3) is 0.714. The van der Waals surface area contributed by atoms with E-state index >= 15 is 0 Å². The van der Waals surface area contributed by atoms with Crippen LogP contribution in [0.15, 0.2) is 24.3 Å². The highest BCUT2D eigenvalue weighted by atomic mass is 16.6. The fourth-order valence-corrected chi connectivity index (χ4v) is 3.34.